The summed E-state index contributed by atoms with van der Waals surface area (Å²) in [5.41, 5.74) is -0.00759. The van der Waals surface area contributed by atoms with Gasteiger partial charge in [0.2, 0.25) is 0 Å². The molecule has 184 valence electrons. The van der Waals surface area contributed by atoms with Gasteiger partial charge >= 0.3 is 18.0 Å². The summed E-state index contributed by atoms with van der Waals surface area (Å²) in [4.78, 5) is 37.3. The van der Waals surface area contributed by atoms with Gasteiger partial charge in [-0.1, -0.05) is 42.5 Å². The summed E-state index contributed by atoms with van der Waals surface area (Å²) in [6.45, 7) is 9.68. The number of rotatable bonds is 7. The molecule has 1 amide bonds. The highest BCUT2D eigenvalue weighted by Gasteiger charge is 2.30. The fraction of sp³-hybridized carbons (Fsp3) is 0.423. The number of alkyl carbamates (subject to hydrolysis) is 1. The Balaban J connectivity index is 2.05. The lowest BCUT2D eigenvalue weighted by Gasteiger charge is -2.26. The summed E-state index contributed by atoms with van der Waals surface area (Å²) in [6.07, 6.45) is -1.67. The van der Waals surface area contributed by atoms with Crippen LogP contribution >= 0.6 is 0 Å². The number of esters is 2. The smallest absolute Gasteiger partial charge is 0.408 e. The molecule has 8 nitrogen and oxygen atoms in total. The van der Waals surface area contributed by atoms with Gasteiger partial charge in [0.05, 0.1) is 5.56 Å². The molecule has 0 aliphatic heterocycles. The molecule has 8 heteroatoms. The Hall–Kier alpha value is -3.39. The lowest BCUT2D eigenvalue weighted by Crippen LogP contribution is -2.48. The zero-order chi connectivity index (χ0) is 25.5. The van der Waals surface area contributed by atoms with E-state index in [1.165, 1.54) is 12.1 Å². The van der Waals surface area contributed by atoms with Gasteiger partial charge in [0.15, 0.2) is 6.04 Å². The third kappa shape index (κ3) is 8.86. The zero-order valence-electron chi connectivity index (χ0n) is 20.5. The number of carbonyl (C=O) groups is 3. The van der Waals surface area contributed by atoms with Crippen molar-refractivity contribution in [2.75, 3.05) is 6.61 Å². The van der Waals surface area contributed by atoms with Crippen LogP contribution in [0.5, 0.6) is 0 Å². The quantitative estimate of drug-likeness (QED) is 0.461. The van der Waals surface area contributed by atoms with E-state index in [-0.39, 0.29) is 5.56 Å². The van der Waals surface area contributed by atoms with Crippen molar-refractivity contribution in [1.82, 2.24) is 5.32 Å². The molecule has 0 fully saturated rings. The number of nitrogens with one attached hydrogen (secondary N) is 1. The minimum Gasteiger partial charge on any atom is -0.459 e. The second-order valence-corrected chi connectivity index (χ2v) is 9.77. The van der Waals surface area contributed by atoms with E-state index in [0.717, 1.165) is 5.56 Å². The highest BCUT2D eigenvalue weighted by atomic mass is 16.6. The van der Waals surface area contributed by atoms with Crippen molar-refractivity contribution in [2.24, 2.45) is 0 Å². The maximum Gasteiger partial charge on any atom is 0.408 e. The van der Waals surface area contributed by atoms with E-state index in [0.29, 0.717) is 5.56 Å². The first kappa shape index (κ1) is 26.9. The van der Waals surface area contributed by atoms with Crippen LogP contribution in [0, 0.1) is 0 Å². The molecule has 0 saturated carbocycles. The monoisotopic (exact) mass is 471 g/mol. The molecule has 0 radical (unpaired) electrons. The van der Waals surface area contributed by atoms with Crippen LogP contribution in [-0.4, -0.2) is 47.0 Å². The molecule has 0 bridgehead atoms. The lowest BCUT2D eigenvalue weighted by atomic mass is 10.0. The van der Waals surface area contributed by atoms with Crippen LogP contribution in [0.3, 0.4) is 0 Å². The Kier molecular flexibility index (Phi) is 8.81. The number of carbonyl (C=O) groups excluding carboxylic acids is 3. The molecular formula is C26H33NO7. The highest BCUT2D eigenvalue weighted by Crippen LogP contribution is 2.22. The van der Waals surface area contributed by atoms with Crippen LogP contribution in [0.25, 0.3) is 0 Å². The van der Waals surface area contributed by atoms with Crippen LogP contribution < -0.4 is 5.32 Å². The summed E-state index contributed by atoms with van der Waals surface area (Å²) in [6, 6.07) is 14.2. The number of benzene rings is 2. The number of ether oxygens (including phenoxy) is 3. The first-order valence-electron chi connectivity index (χ1n) is 11.0. The molecular weight excluding hydrogens is 438 g/mol. The number of aliphatic hydroxyl groups excluding tert-OH is 1. The van der Waals surface area contributed by atoms with Crippen LogP contribution in [0.1, 0.15) is 69.1 Å². The molecule has 2 rings (SSSR count). The Labute approximate surface area is 200 Å². The summed E-state index contributed by atoms with van der Waals surface area (Å²) < 4.78 is 15.8. The van der Waals surface area contributed by atoms with Crippen molar-refractivity contribution in [3.8, 4) is 0 Å². The fourth-order valence-corrected chi connectivity index (χ4v) is 2.86. The number of amides is 1. The van der Waals surface area contributed by atoms with E-state index in [1.54, 1.807) is 65.8 Å². The van der Waals surface area contributed by atoms with Gasteiger partial charge in [-0.3, -0.25) is 0 Å². The van der Waals surface area contributed by atoms with Crippen LogP contribution in [0.4, 0.5) is 4.79 Å². The maximum absolute atomic E-state index is 12.6. The van der Waals surface area contributed by atoms with E-state index in [1.807, 2.05) is 18.2 Å². The molecule has 0 saturated heterocycles. The van der Waals surface area contributed by atoms with Crippen LogP contribution in [-0.2, 0) is 19.0 Å². The second kappa shape index (κ2) is 11.2. The van der Waals surface area contributed by atoms with Gasteiger partial charge in [0.25, 0.3) is 0 Å². The number of hydrogen-bond acceptors (Lipinski definition) is 7. The van der Waals surface area contributed by atoms with E-state index < -0.39 is 48.0 Å². The fourth-order valence-electron chi connectivity index (χ4n) is 2.86. The third-order valence-electron chi connectivity index (χ3n) is 4.34. The van der Waals surface area contributed by atoms with Gasteiger partial charge in [-0.25, -0.2) is 14.4 Å². The van der Waals surface area contributed by atoms with Crippen LogP contribution in [0.2, 0.25) is 0 Å². The molecule has 0 spiro atoms. The van der Waals surface area contributed by atoms with E-state index >= 15 is 0 Å². The topological polar surface area (TPSA) is 111 Å². The first-order chi connectivity index (χ1) is 15.7. The van der Waals surface area contributed by atoms with Crippen LogP contribution in [0.15, 0.2) is 54.6 Å². The SMILES string of the molecule is CC(C)(C)OC(=O)N[C@@H](COC(=O)c1ccc(C(O)c2ccccc2)cc1)C(=O)OC(C)(C)C. The predicted molar refractivity (Wildman–Crippen MR) is 126 cm³/mol. The van der Waals surface area contributed by atoms with Crippen molar-refractivity contribution in [2.45, 2.75) is 64.9 Å². The molecule has 0 aromatic heterocycles. The highest BCUT2D eigenvalue weighted by molar-refractivity contribution is 5.90. The predicted octanol–water partition coefficient (Wildman–Crippen LogP) is 4.16. The summed E-state index contributed by atoms with van der Waals surface area (Å²) >= 11 is 0. The maximum atomic E-state index is 12.6. The Morgan fingerprint density at radius 1 is 0.824 bits per heavy atom. The summed E-state index contributed by atoms with van der Waals surface area (Å²) in [5, 5.41) is 12.9. The average Bonchev–Trinajstić information content (AvgIpc) is 2.74. The molecule has 2 N–H and O–H groups in total. The van der Waals surface area contributed by atoms with Gasteiger partial charge in [0, 0.05) is 0 Å². The zero-order valence-corrected chi connectivity index (χ0v) is 20.5. The van der Waals surface area contributed by atoms with Crippen molar-refractivity contribution in [1.29, 1.82) is 0 Å². The summed E-state index contributed by atoms with van der Waals surface area (Å²) in [7, 11) is 0. The molecule has 2 aromatic carbocycles. The van der Waals surface area contributed by atoms with Gasteiger partial charge in [-0.15, -0.1) is 0 Å². The molecule has 34 heavy (non-hydrogen) atoms. The molecule has 0 aliphatic rings. The number of aliphatic hydroxyl groups is 1. The second-order valence-electron chi connectivity index (χ2n) is 9.77. The Morgan fingerprint density at radius 2 is 1.35 bits per heavy atom. The largest absolute Gasteiger partial charge is 0.459 e. The molecule has 1 unspecified atom stereocenters. The van der Waals surface area contributed by atoms with Gasteiger partial charge in [-0.05, 0) is 64.8 Å². The Bertz CT molecular complexity index is 973. The van der Waals surface area contributed by atoms with Crippen molar-refractivity contribution >= 4 is 18.0 Å². The Morgan fingerprint density at radius 3 is 1.88 bits per heavy atom. The van der Waals surface area contributed by atoms with E-state index in [9.17, 15) is 19.5 Å². The molecule has 0 heterocycles. The third-order valence-corrected chi connectivity index (χ3v) is 4.34. The minimum atomic E-state index is -1.25. The van der Waals surface area contributed by atoms with E-state index in [2.05, 4.69) is 5.32 Å². The van der Waals surface area contributed by atoms with E-state index in [4.69, 9.17) is 14.2 Å². The molecule has 2 aromatic rings. The first-order valence-corrected chi connectivity index (χ1v) is 11.0. The lowest BCUT2D eigenvalue weighted by molar-refractivity contribution is -0.158. The van der Waals surface area contributed by atoms with Gasteiger partial charge < -0.3 is 24.6 Å². The van der Waals surface area contributed by atoms with Gasteiger partial charge in [-0.2, -0.15) is 0 Å². The minimum absolute atomic E-state index is 0.226. The van der Waals surface area contributed by atoms with Crippen molar-refractivity contribution < 1.29 is 33.7 Å². The molecule has 0 aliphatic carbocycles. The normalized spacial score (nSPS) is 13.4. The summed E-state index contributed by atoms with van der Waals surface area (Å²) in [5.74, 6) is -1.45. The van der Waals surface area contributed by atoms with Crippen molar-refractivity contribution in [3.05, 3.63) is 71.3 Å². The molecule has 2 atom stereocenters. The average molecular weight is 472 g/mol. The number of hydrogen-bond donors (Lipinski definition) is 2. The van der Waals surface area contributed by atoms with Gasteiger partial charge in [0.1, 0.15) is 23.9 Å². The standard InChI is InChI=1S/C26H33NO7/c1-25(2,3)33-23(30)20(27-24(31)34-26(4,5)6)16-32-22(29)19-14-12-18(13-15-19)21(28)17-10-8-7-9-11-17/h7-15,20-21,28H,16H2,1-6H3,(H,27,31)/t20-,21?/m0/s1. The van der Waals surface area contributed by atoms with Crippen molar-refractivity contribution in [3.63, 3.8) is 0 Å².